The number of para-hydroxylation sites is 1. The van der Waals surface area contributed by atoms with Crippen molar-refractivity contribution in [2.45, 2.75) is 6.10 Å². The number of halogens is 1. The van der Waals surface area contributed by atoms with Crippen LogP contribution in [-0.2, 0) is 0 Å². The molecule has 0 fully saturated rings. The van der Waals surface area contributed by atoms with Crippen molar-refractivity contribution in [1.29, 1.82) is 0 Å². The molecule has 0 bridgehead atoms. The van der Waals surface area contributed by atoms with Crippen LogP contribution < -0.4 is 4.74 Å². The zero-order valence-electron chi connectivity index (χ0n) is 7.20. The van der Waals surface area contributed by atoms with Gasteiger partial charge in [-0.05, 0) is 22.0 Å². The molecule has 0 heterocycles. The first-order valence-electron chi connectivity index (χ1n) is 3.82. The maximum atomic E-state index is 9.41. The van der Waals surface area contributed by atoms with Crippen molar-refractivity contribution in [2.75, 3.05) is 13.7 Å². The molecule has 0 aliphatic heterocycles. The van der Waals surface area contributed by atoms with E-state index in [1.54, 1.807) is 12.1 Å². The van der Waals surface area contributed by atoms with E-state index in [9.17, 15) is 5.11 Å². The van der Waals surface area contributed by atoms with Crippen LogP contribution in [0.3, 0.4) is 0 Å². The van der Waals surface area contributed by atoms with Crippen molar-refractivity contribution >= 4 is 15.9 Å². The Morgan fingerprint density at radius 2 is 2.23 bits per heavy atom. The smallest absolute Gasteiger partial charge is 0.138 e. The second kappa shape index (κ2) is 4.60. The first-order valence-corrected chi connectivity index (χ1v) is 4.61. The lowest BCUT2D eigenvalue weighted by Gasteiger charge is -2.13. The second-order valence-corrected chi connectivity index (χ2v) is 3.42. The van der Waals surface area contributed by atoms with Gasteiger partial charge >= 0.3 is 0 Å². The molecular formula is C9H11BrO3. The molecule has 13 heavy (non-hydrogen) atoms. The van der Waals surface area contributed by atoms with Crippen LogP contribution in [0, 0.1) is 0 Å². The van der Waals surface area contributed by atoms with Crippen molar-refractivity contribution in [3.8, 4) is 5.75 Å². The molecule has 3 nitrogen and oxygen atoms in total. The summed E-state index contributed by atoms with van der Waals surface area (Å²) < 4.78 is 5.84. The Bertz CT molecular complexity index is 288. The average Bonchev–Trinajstić information content (AvgIpc) is 2.16. The van der Waals surface area contributed by atoms with Crippen LogP contribution in [0.2, 0.25) is 0 Å². The van der Waals surface area contributed by atoms with Crippen molar-refractivity contribution < 1.29 is 14.9 Å². The van der Waals surface area contributed by atoms with Gasteiger partial charge in [0, 0.05) is 5.56 Å². The Labute approximate surface area is 85.1 Å². The van der Waals surface area contributed by atoms with E-state index in [0.29, 0.717) is 11.3 Å². The number of benzene rings is 1. The number of hydrogen-bond acceptors (Lipinski definition) is 3. The molecule has 1 aromatic rings. The summed E-state index contributed by atoms with van der Waals surface area (Å²) in [5.41, 5.74) is 0.583. The summed E-state index contributed by atoms with van der Waals surface area (Å²) >= 11 is 3.29. The Kier molecular flexibility index (Phi) is 3.71. The van der Waals surface area contributed by atoms with Gasteiger partial charge in [0.1, 0.15) is 11.9 Å². The molecule has 2 N–H and O–H groups in total. The molecule has 0 radical (unpaired) electrons. The molecule has 1 unspecified atom stereocenters. The highest BCUT2D eigenvalue weighted by Gasteiger charge is 2.13. The minimum absolute atomic E-state index is 0.313. The van der Waals surface area contributed by atoms with Crippen molar-refractivity contribution in [3.63, 3.8) is 0 Å². The predicted molar refractivity (Wildman–Crippen MR) is 52.7 cm³/mol. The molecule has 1 rings (SSSR count). The minimum Gasteiger partial charge on any atom is -0.495 e. The highest BCUT2D eigenvalue weighted by molar-refractivity contribution is 9.10. The molecule has 4 heteroatoms. The standard InChI is InChI=1S/C9H11BrO3/c1-13-9-6(8(12)5-11)3-2-4-7(9)10/h2-4,8,11-12H,5H2,1H3. The molecular weight excluding hydrogens is 236 g/mol. The highest BCUT2D eigenvalue weighted by atomic mass is 79.9. The van der Waals surface area contributed by atoms with Gasteiger partial charge in [-0.15, -0.1) is 0 Å². The minimum atomic E-state index is -0.896. The van der Waals surface area contributed by atoms with Gasteiger partial charge in [-0.2, -0.15) is 0 Å². The third-order valence-electron chi connectivity index (χ3n) is 1.73. The van der Waals surface area contributed by atoms with Crippen LogP contribution in [0.25, 0.3) is 0 Å². The van der Waals surface area contributed by atoms with E-state index in [1.165, 1.54) is 7.11 Å². The zero-order valence-corrected chi connectivity index (χ0v) is 8.78. The molecule has 0 spiro atoms. The van der Waals surface area contributed by atoms with Crippen LogP contribution >= 0.6 is 15.9 Å². The fourth-order valence-corrected chi connectivity index (χ4v) is 1.65. The third kappa shape index (κ3) is 2.21. The van der Waals surface area contributed by atoms with E-state index in [4.69, 9.17) is 9.84 Å². The van der Waals surface area contributed by atoms with E-state index >= 15 is 0 Å². The van der Waals surface area contributed by atoms with Crippen LogP contribution in [0.1, 0.15) is 11.7 Å². The van der Waals surface area contributed by atoms with Crippen LogP contribution in [0.5, 0.6) is 5.75 Å². The second-order valence-electron chi connectivity index (χ2n) is 2.56. The van der Waals surface area contributed by atoms with Gasteiger partial charge in [0.2, 0.25) is 0 Å². The Hall–Kier alpha value is -0.580. The number of ether oxygens (including phenoxy) is 1. The number of aliphatic hydroxyl groups is 2. The monoisotopic (exact) mass is 246 g/mol. The van der Waals surface area contributed by atoms with Crippen LogP contribution in [0.4, 0.5) is 0 Å². The van der Waals surface area contributed by atoms with Gasteiger partial charge in [0.15, 0.2) is 0 Å². The summed E-state index contributed by atoms with van der Waals surface area (Å²) in [6, 6.07) is 5.30. The van der Waals surface area contributed by atoms with Crippen LogP contribution in [0.15, 0.2) is 22.7 Å². The normalized spacial score (nSPS) is 12.6. The van der Waals surface area contributed by atoms with E-state index in [-0.39, 0.29) is 6.61 Å². The largest absolute Gasteiger partial charge is 0.495 e. The number of hydrogen-bond donors (Lipinski definition) is 2. The third-order valence-corrected chi connectivity index (χ3v) is 2.36. The molecule has 0 aromatic heterocycles. The topological polar surface area (TPSA) is 49.7 Å². The first-order chi connectivity index (χ1) is 6.20. The maximum Gasteiger partial charge on any atom is 0.138 e. The molecule has 1 atom stereocenters. The molecule has 0 aliphatic carbocycles. The fourth-order valence-electron chi connectivity index (χ4n) is 1.10. The predicted octanol–water partition coefficient (Wildman–Crippen LogP) is 1.48. The molecule has 0 amide bonds. The molecule has 72 valence electrons. The van der Waals surface area contributed by atoms with E-state index < -0.39 is 6.10 Å². The first kappa shape index (κ1) is 10.5. The summed E-state index contributed by atoms with van der Waals surface area (Å²) in [5, 5.41) is 18.2. The number of rotatable bonds is 3. The van der Waals surface area contributed by atoms with Crippen LogP contribution in [-0.4, -0.2) is 23.9 Å². The summed E-state index contributed by atoms with van der Waals surface area (Å²) in [7, 11) is 1.52. The Morgan fingerprint density at radius 3 is 2.77 bits per heavy atom. The summed E-state index contributed by atoms with van der Waals surface area (Å²) in [6.07, 6.45) is -0.896. The van der Waals surface area contributed by atoms with Gasteiger partial charge in [-0.1, -0.05) is 12.1 Å². The van der Waals surface area contributed by atoms with E-state index in [1.807, 2.05) is 6.07 Å². The molecule has 0 saturated heterocycles. The quantitative estimate of drug-likeness (QED) is 0.850. The molecule has 0 aliphatic rings. The van der Waals surface area contributed by atoms with Crippen molar-refractivity contribution in [1.82, 2.24) is 0 Å². The fraction of sp³-hybridized carbons (Fsp3) is 0.333. The van der Waals surface area contributed by atoms with Gasteiger partial charge in [-0.25, -0.2) is 0 Å². The van der Waals surface area contributed by atoms with Gasteiger partial charge < -0.3 is 14.9 Å². The Balaban J connectivity index is 3.12. The summed E-state index contributed by atoms with van der Waals surface area (Å²) in [4.78, 5) is 0. The van der Waals surface area contributed by atoms with Gasteiger partial charge in [-0.3, -0.25) is 0 Å². The lowest BCUT2D eigenvalue weighted by Crippen LogP contribution is -2.04. The van der Waals surface area contributed by atoms with Gasteiger partial charge in [0.05, 0.1) is 18.2 Å². The number of aliphatic hydroxyl groups excluding tert-OH is 2. The van der Waals surface area contributed by atoms with Crippen molar-refractivity contribution in [2.24, 2.45) is 0 Å². The summed E-state index contributed by atoms with van der Waals surface area (Å²) in [6.45, 7) is -0.313. The lowest BCUT2D eigenvalue weighted by molar-refractivity contribution is 0.0932. The maximum absolute atomic E-state index is 9.41. The van der Waals surface area contributed by atoms with Gasteiger partial charge in [0.25, 0.3) is 0 Å². The highest BCUT2D eigenvalue weighted by Crippen LogP contribution is 2.32. The lowest BCUT2D eigenvalue weighted by atomic mass is 10.1. The SMILES string of the molecule is COc1c(Br)cccc1C(O)CO. The molecule has 0 saturated carbocycles. The average molecular weight is 247 g/mol. The zero-order chi connectivity index (χ0) is 9.84. The van der Waals surface area contributed by atoms with Crippen molar-refractivity contribution in [3.05, 3.63) is 28.2 Å². The van der Waals surface area contributed by atoms with E-state index in [0.717, 1.165) is 4.47 Å². The van der Waals surface area contributed by atoms with E-state index in [2.05, 4.69) is 15.9 Å². The Morgan fingerprint density at radius 1 is 1.54 bits per heavy atom. The molecule has 1 aromatic carbocycles. The summed E-state index contributed by atoms with van der Waals surface area (Å²) in [5.74, 6) is 0.559. The number of methoxy groups -OCH3 is 1.